The van der Waals surface area contributed by atoms with Crippen LogP contribution in [0, 0.1) is 13.8 Å². The molecule has 1 amide bonds. The van der Waals surface area contributed by atoms with E-state index < -0.39 is 0 Å². The van der Waals surface area contributed by atoms with Gasteiger partial charge in [0.25, 0.3) is 0 Å². The molecule has 32 heavy (non-hydrogen) atoms. The molecule has 4 nitrogen and oxygen atoms in total. The molecule has 0 saturated carbocycles. The predicted molar refractivity (Wildman–Crippen MR) is 132 cm³/mol. The minimum Gasteiger partial charge on any atom is -0.493 e. The number of ether oxygens (including phenoxy) is 1. The Morgan fingerprint density at radius 3 is 2.44 bits per heavy atom. The van der Waals surface area contributed by atoms with Crippen molar-refractivity contribution in [2.75, 3.05) is 11.9 Å². The smallest absolute Gasteiger partial charge is 0.226 e. The van der Waals surface area contributed by atoms with E-state index in [0.717, 1.165) is 28.1 Å². The fraction of sp³-hybridized carbons (Fsp3) is 0.185. The molecule has 4 aromatic rings. The van der Waals surface area contributed by atoms with Crippen LogP contribution in [0.3, 0.4) is 0 Å². The Hall–Kier alpha value is -3.44. The molecule has 5 heteroatoms. The standard InChI is InChI=1S/C27H26N2O2S/c1-19-10-11-20(2)25(17-19)31-16-6-9-26(30)29-27-28-24(18-32-27)23-14-12-22(13-15-23)21-7-4-3-5-8-21/h3-5,7-8,10-15,17-18H,6,9,16H2,1-2H3,(H,28,29,30). The number of carbonyl (C=O) groups excluding carboxylic acids is 1. The van der Waals surface area contributed by atoms with Crippen molar-refractivity contribution in [3.05, 3.63) is 89.3 Å². The van der Waals surface area contributed by atoms with Crippen molar-refractivity contribution in [2.45, 2.75) is 26.7 Å². The molecule has 1 aromatic heterocycles. The van der Waals surface area contributed by atoms with Gasteiger partial charge in [0.15, 0.2) is 5.13 Å². The van der Waals surface area contributed by atoms with Gasteiger partial charge in [-0.3, -0.25) is 4.79 Å². The summed E-state index contributed by atoms with van der Waals surface area (Å²) >= 11 is 1.44. The Balaban J connectivity index is 1.27. The first-order valence-corrected chi connectivity index (χ1v) is 11.6. The quantitative estimate of drug-likeness (QED) is 0.302. The van der Waals surface area contributed by atoms with E-state index in [1.165, 1.54) is 22.5 Å². The van der Waals surface area contributed by atoms with Gasteiger partial charge in [-0.25, -0.2) is 4.98 Å². The van der Waals surface area contributed by atoms with Crippen LogP contribution in [0.5, 0.6) is 5.75 Å². The summed E-state index contributed by atoms with van der Waals surface area (Å²) in [5.74, 6) is 0.836. The fourth-order valence-electron chi connectivity index (χ4n) is 3.39. The lowest BCUT2D eigenvalue weighted by molar-refractivity contribution is -0.116. The van der Waals surface area contributed by atoms with Crippen LogP contribution in [0.25, 0.3) is 22.4 Å². The van der Waals surface area contributed by atoms with Gasteiger partial charge >= 0.3 is 0 Å². The molecule has 0 aliphatic rings. The number of aromatic nitrogens is 1. The van der Waals surface area contributed by atoms with E-state index in [0.29, 0.717) is 24.6 Å². The third-order valence-corrected chi connectivity index (χ3v) is 5.95. The van der Waals surface area contributed by atoms with Crippen molar-refractivity contribution in [2.24, 2.45) is 0 Å². The number of anilines is 1. The fourth-order valence-corrected chi connectivity index (χ4v) is 4.12. The number of rotatable bonds is 8. The number of nitrogens with one attached hydrogen (secondary N) is 1. The molecule has 1 heterocycles. The van der Waals surface area contributed by atoms with Crippen LogP contribution in [0.15, 0.2) is 78.2 Å². The average Bonchev–Trinajstić information content (AvgIpc) is 3.28. The van der Waals surface area contributed by atoms with Crippen molar-refractivity contribution >= 4 is 22.4 Å². The summed E-state index contributed by atoms with van der Waals surface area (Å²) in [5.41, 5.74) is 6.52. The van der Waals surface area contributed by atoms with E-state index in [1.807, 2.05) is 49.6 Å². The van der Waals surface area contributed by atoms with Crippen LogP contribution in [0.1, 0.15) is 24.0 Å². The largest absolute Gasteiger partial charge is 0.493 e. The SMILES string of the molecule is Cc1ccc(C)c(OCCCC(=O)Nc2nc(-c3ccc(-c4ccccc4)cc3)cs2)c1. The van der Waals surface area contributed by atoms with Gasteiger partial charge in [0.1, 0.15) is 5.75 Å². The Morgan fingerprint density at radius 2 is 1.66 bits per heavy atom. The summed E-state index contributed by atoms with van der Waals surface area (Å²) in [6.45, 7) is 4.57. The third-order valence-electron chi connectivity index (χ3n) is 5.19. The van der Waals surface area contributed by atoms with Gasteiger partial charge in [-0.15, -0.1) is 11.3 Å². The lowest BCUT2D eigenvalue weighted by Crippen LogP contribution is -2.12. The number of benzene rings is 3. The van der Waals surface area contributed by atoms with E-state index in [-0.39, 0.29) is 5.91 Å². The molecule has 4 rings (SSSR count). The minimum absolute atomic E-state index is 0.0464. The molecule has 0 spiro atoms. The van der Waals surface area contributed by atoms with Gasteiger partial charge in [0.2, 0.25) is 5.91 Å². The second-order valence-corrected chi connectivity index (χ2v) is 8.61. The van der Waals surface area contributed by atoms with Gasteiger partial charge in [-0.2, -0.15) is 0 Å². The second-order valence-electron chi connectivity index (χ2n) is 7.75. The zero-order valence-electron chi connectivity index (χ0n) is 18.3. The zero-order chi connectivity index (χ0) is 22.3. The maximum atomic E-state index is 12.3. The topological polar surface area (TPSA) is 51.2 Å². The highest BCUT2D eigenvalue weighted by molar-refractivity contribution is 7.14. The van der Waals surface area contributed by atoms with Crippen molar-refractivity contribution in [1.29, 1.82) is 0 Å². The maximum Gasteiger partial charge on any atom is 0.226 e. The number of aryl methyl sites for hydroxylation is 2. The summed E-state index contributed by atoms with van der Waals surface area (Å²) in [6, 6.07) is 24.7. The first-order chi connectivity index (χ1) is 15.6. The van der Waals surface area contributed by atoms with Crippen molar-refractivity contribution in [3.63, 3.8) is 0 Å². The molecule has 0 atom stereocenters. The molecule has 1 N–H and O–H groups in total. The number of nitrogens with zero attached hydrogens (tertiary/aromatic N) is 1. The lowest BCUT2D eigenvalue weighted by Gasteiger charge is -2.09. The third kappa shape index (κ3) is 5.62. The monoisotopic (exact) mass is 442 g/mol. The molecule has 0 fully saturated rings. The number of amides is 1. The molecule has 0 unspecified atom stereocenters. The number of hydrogen-bond acceptors (Lipinski definition) is 4. The number of thiazole rings is 1. The minimum atomic E-state index is -0.0464. The van der Waals surface area contributed by atoms with Gasteiger partial charge in [0, 0.05) is 17.4 Å². The molecular weight excluding hydrogens is 416 g/mol. The highest BCUT2D eigenvalue weighted by Gasteiger charge is 2.09. The Kier molecular flexibility index (Phi) is 6.97. The van der Waals surface area contributed by atoms with Gasteiger partial charge in [-0.05, 0) is 48.6 Å². The van der Waals surface area contributed by atoms with Crippen LogP contribution in [-0.2, 0) is 4.79 Å². The van der Waals surface area contributed by atoms with Crippen LogP contribution in [-0.4, -0.2) is 17.5 Å². The number of carbonyl (C=O) groups is 1. The molecule has 0 saturated heterocycles. The molecule has 3 aromatic carbocycles. The average molecular weight is 443 g/mol. The van der Waals surface area contributed by atoms with E-state index in [1.54, 1.807) is 0 Å². The van der Waals surface area contributed by atoms with Crippen molar-refractivity contribution in [1.82, 2.24) is 4.98 Å². The summed E-state index contributed by atoms with van der Waals surface area (Å²) in [6.07, 6.45) is 1.05. The zero-order valence-corrected chi connectivity index (χ0v) is 19.1. The summed E-state index contributed by atoms with van der Waals surface area (Å²) < 4.78 is 5.83. The molecule has 0 bridgehead atoms. The van der Waals surface area contributed by atoms with Crippen molar-refractivity contribution < 1.29 is 9.53 Å². The first kappa shape index (κ1) is 21.8. The van der Waals surface area contributed by atoms with Crippen LogP contribution in [0.2, 0.25) is 0 Å². The normalized spacial score (nSPS) is 10.7. The summed E-state index contributed by atoms with van der Waals surface area (Å²) in [7, 11) is 0. The molecule has 0 radical (unpaired) electrons. The van der Waals surface area contributed by atoms with E-state index in [4.69, 9.17) is 4.74 Å². The van der Waals surface area contributed by atoms with E-state index >= 15 is 0 Å². The Bertz CT molecular complexity index is 1180. The van der Waals surface area contributed by atoms with Gasteiger partial charge in [-0.1, -0.05) is 66.7 Å². The second kappa shape index (κ2) is 10.2. The molecule has 0 aliphatic carbocycles. The van der Waals surface area contributed by atoms with Crippen LogP contribution >= 0.6 is 11.3 Å². The Labute approximate surface area is 192 Å². The van der Waals surface area contributed by atoms with Crippen LogP contribution in [0.4, 0.5) is 5.13 Å². The van der Waals surface area contributed by atoms with Gasteiger partial charge < -0.3 is 10.1 Å². The lowest BCUT2D eigenvalue weighted by atomic mass is 10.0. The summed E-state index contributed by atoms with van der Waals surface area (Å²) in [4.78, 5) is 16.9. The highest BCUT2D eigenvalue weighted by Crippen LogP contribution is 2.28. The van der Waals surface area contributed by atoms with E-state index in [2.05, 4.69) is 52.8 Å². The molecule has 0 aliphatic heterocycles. The van der Waals surface area contributed by atoms with Crippen molar-refractivity contribution in [3.8, 4) is 28.1 Å². The molecule has 162 valence electrons. The van der Waals surface area contributed by atoms with Gasteiger partial charge in [0.05, 0.1) is 12.3 Å². The number of hydrogen-bond donors (Lipinski definition) is 1. The summed E-state index contributed by atoms with van der Waals surface area (Å²) in [5, 5.41) is 5.49. The highest BCUT2D eigenvalue weighted by atomic mass is 32.1. The maximum absolute atomic E-state index is 12.3. The molecular formula is C27H26N2O2S. The van der Waals surface area contributed by atoms with E-state index in [9.17, 15) is 4.79 Å². The predicted octanol–water partition coefficient (Wildman–Crippen LogP) is 6.89. The Morgan fingerprint density at radius 1 is 0.938 bits per heavy atom. The van der Waals surface area contributed by atoms with Crippen LogP contribution < -0.4 is 10.1 Å². The first-order valence-electron chi connectivity index (χ1n) is 10.7.